The van der Waals surface area contributed by atoms with E-state index in [1.54, 1.807) is 24.3 Å². The maximum atomic E-state index is 11.6. The molecule has 1 fully saturated rings. The van der Waals surface area contributed by atoms with Crippen molar-refractivity contribution in [3.63, 3.8) is 0 Å². The van der Waals surface area contributed by atoms with Crippen LogP contribution < -0.4 is 10.0 Å². The molecule has 1 aromatic carbocycles. The van der Waals surface area contributed by atoms with Crippen molar-refractivity contribution in [1.82, 2.24) is 0 Å². The van der Waals surface area contributed by atoms with Gasteiger partial charge in [-0.25, -0.2) is 8.42 Å². The Hall–Kier alpha value is -1.23. The molecule has 5 heteroatoms. The van der Waals surface area contributed by atoms with Gasteiger partial charge in [0.25, 0.3) is 0 Å². The summed E-state index contributed by atoms with van der Waals surface area (Å²) in [6.45, 7) is 0. The molecule has 0 amide bonds. The summed E-state index contributed by atoms with van der Waals surface area (Å²) < 4.78 is 24.7. The average Bonchev–Trinajstić information content (AvgIpc) is 2.90. The number of nitrogens with zero attached hydrogens (tertiary/aromatic N) is 1. The summed E-state index contributed by atoms with van der Waals surface area (Å²) in [5.41, 5.74) is 6.90. The second-order valence-electron chi connectivity index (χ2n) is 3.88. The number of hydrogen-bond donors (Lipinski definition) is 1. The van der Waals surface area contributed by atoms with E-state index in [-0.39, 0.29) is 6.04 Å². The summed E-state index contributed by atoms with van der Waals surface area (Å²) in [6.07, 6.45) is 3.12. The van der Waals surface area contributed by atoms with Crippen molar-refractivity contribution < 1.29 is 8.42 Å². The van der Waals surface area contributed by atoms with Gasteiger partial charge in [0, 0.05) is 11.7 Å². The Labute approximate surface area is 89.7 Å². The predicted octanol–water partition coefficient (Wildman–Crippen LogP) is 1.20. The van der Waals surface area contributed by atoms with Crippen LogP contribution in [0.3, 0.4) is 0 Å². The number of benzene rings is 1. The number of anilines is 2. The second-order valence-corrected chi connectivity index (χ2v) is 5.74. The molecule has 1 aliphatic carbocycles. The van der Waals surface area contributed by atoms with Gasteiger partial charge in [-0.05, 0) is 37.1 Å². The Kier molecular flexibility index (Phi) is 2.34. The van der Waals surface area contributed by atoms with Crippen molar-refractivity contribution in [1.29, 1.82) is 0 Å². The van der Waals surface area contributed by atoms with Crippen LogP contribution in [-0.4, -0.2) is 20.7 Å². The minimum absolute atomic E-state index is 0.142. The molecular weight excluding hydrogens is 212 g/mol. The Balaban J connectivity index is 2.37. The Morgan fingerprint density at radius 3 is 2.20 bits per heavy atom. The predicted molar refractivity (Wildman–Crippen MR) is 61.2 cm³/mol. The van der Waals surface area contributed by atoms with E-state index in [2.05, 4.69) is 0 Å². The third-order valence-electron chi connectivity index (χ3n) is 2.38. The average molecular weight is 226 g/mol. The number of hydrogen-bond acceptors (Lipinski definition) is 3. The fraction of sp³-hybridized carbons (Fsp3) is 0.400. The zero-order valence-electron chi connectivity index (χ0n) is 8.55. The van der Waals surface area contributed by atoms with Crippen molar-refractivity contribution in [2.24, 2.45) is 0 Å². The van der Waals surface area contributed by atoms with Crippen LogP contribution in [0.2, 0.25) is 0 Å². The smallest absolute Gasteiger partial charge is 0.232 e. The number of nitrogens with two attached hydrogens (primary N) is 1. The maximum absolute atomic E-state index is 11.6. The molecule has 82 valence electrons. The van der Waals surface area contributed by atoms with Crippen molar-refractivity contribution in [3.05, 3.63) is 24.3 Å². The van der Waals surface area contributed by atoms with Gasteiger partial charge >= 0.3 is 0 Å². The Bertz CT molecular complexity index is 449. The Morgan fingerprint density at radius 2 is 1.80 bits per heavy atom. The summed E-state index contributed by atoms with van der Waals surface area (Å²) in [6, 6.07) is 7.07. The summed E-state index contributed by atoms with van der Waals surface area (Å²) in [5.74, 6) is 0. The third kappa shape index (κ3) is 2.23. The molecule has 0 aliphatic heterocycles. The quantitative estimate of drug-likeness (QED) is 0.788. The second kappa shape index (κ2) is 3.41. The lowest BCUT2D eigenvalue weighted by Gasteiger charge is -2.21. The van der Waals surface area contributed by atoms with Crippen LogP contribution in [0.5, 0.6) is 0 Å². The first kappa shape index (κ1) is 10.3. The fourth-order valence-electron chi connectivity index (χ4n) is 1.60. The van der Waals surface area contributed by atoms with Crippen LogP contribution in [0.25, 0.3) is 0 Å². The van der Waals surface area contributed by atoms with E-state index in [1.165, 1.54) is 10.6 Å². The van der Waals surface area contributed by atoms with Gasteiger partial charge < -0.3 is 5.73 Å². The largest absolute Gasteiger partial charge is 0.399 e. The fourth-order valence-corrected chi connectivity index (χ4v) is 2.86. The number of rotatable bonds is 3. The molecule has 0 radical (unpaired) electrons. The zero-order valence-corrected chi connectivity index (χ0v) is 9.37. The monoisotopic (exact) mass is 226 g/mol. The summed E-state index contributed by atoms with van der Waals surface area (Å²) in [7, 11) is -3.18. The highest BCUT2D eigenvalue weighted by Gasteiger charge is 2.34. The van der Waals surface area contributed by atoms with E-state index >= 15 is 0 Å². The maximum Gasteiger partial charge on any atom is 0.232 e. The van der Waals surface area contributed by atoms with E-state index < -0.39 is 10.0 Å². The van der Waals surface area contributed by atoms with Crippen molar-refractivity contribution >= 4 is 21.4 Å². The van der Waals surface area contributed by atoms with Gasteiger partial charge in [-0.15, -0.1) is 0 Å². The van der Waals surface area contributed by atoms with E-state index in [4.69, 9.17) is 5.73 Å². The van der Waals surface area contributed by atoms with Gasteiger partial charge in [0.05, 0.1) is 11.9 Å². The molecule has 0 unspecified atom stereocenters. The van der Waals surface area contributed by atoms with Crippen LogP contribution in [0.4, 0.5) is 11.4 Å². The van der Waals surface area contributed by atoms with Gasteiger partial charge in [-0.3, -0.25) is 4.31 Å². The SMILES string of the molecule is CS(=O)(=O)N(c1ccc(N)cc1)C1CC1. The molecule has 0 atom stereocenters. The van der Waals surface area contributed by atoms with E-state index in [9.17, 15) is 8.42 Å². The van der Waals surface area contributed by atoms with Crippen molar-refractivity contribution in [3.8, 4) is 0 Å². The lowest BCUT2D eigenvalue weighted by Crippen LogP contribution is -2.31. The van der Waals surface area contributed by atoms with Gasteiger partial charge in [0.2, 0.25) is 10.0 Å². The van der Waals surface area contributed by atoms with E-state index in [0.717, 1.165) is 12.8 Å². The zero-order chi connectivity index (χ0) is 11.1. The topological polar surface area (TPSA) is 63.4 Å². The molecule has 4 nitrogen and oxygen atoms in total. The lowest BCUT2D eigenvalue weighted by molar-refractivity contribution is 0.596. The molecule has 0 bridgehead atoms. The van der Waals surface area contributed by atoms with Gasteiger partial charge in [-0.2, -0.15) is 0 Å². The van der Waals surface area contributed by atoms with Crippen molar-refractivity contribution in [2.45, 2.75) is 18.9 Å². The molecule has 0 aromatic heterocycles. The number of nitrogen functional groups attached to an aromatic ring is 1. The number of sulfonamides is 1. The minimum atomic E-state index is -3.18. The normalized spacial score (nSPS) is 16.3. The van der Waals surface area contributed by atoms with Crippen LogP contribution in [0.1, 0.15) is 12.8 Å². The highest BCUT2D eigenvalue weighted by molar-refractivity contribution is 7.92. The summed E-state index contributed by atoms with van der Waals surface area (Å²) in [5, 5.41) is 0. The van der Waals surface area contributed by atoms with Crippen LogP contribution in [0, 0.1) is 0 Å². The van der Waals surface area contributed by atoms with Crippen LogP contribution >= 0.6 is 0 Å². The molecule has 0 heterocycles. The molecule has 1 aliphatic rings. The van der Waals surface area contributed by atoms with E-state index in [0.29, 0.717) is 11.4 Å². The first-order valence-electron chi connectivity index (χ1n) is 4.83. The molecule has 1 saturated carbocycles. The molecular formula is C10H14N2O2S. The highest BCUT2D eigenvalue weighted by atomic mass is 32.2. The molecule has 1 aromatic rings. The Morgan fingerprint density at radius 1 is 1.27 bits per heavy atom. The summed E-state index contributed by atoms with van der Waals surface area (Å²) in [4.78, 5) is 0. The van der Waals surface area contributed by atoms with Gasteiger partial charge in [-0.1, -0.05) is 0 Å². The molecule has 2 rings (SSSR count). The lowest BCUT2D eigenvalue weighted by atomic mass is 10.3. The van der Waals surface area contributed by atoms with Gasteiger partial charge in [0.15, 0.2) is 0 Å². The first-order chi connectivity index (χ1) is 6.98. The standard InChI is InChI=1S/C10H14N2O2S/c1-15(13,14)12(10-6-7-10)9-4-2-8(11)3-5-9/h2-5,10H,6-7,11H2,1H3. The van der Waals surface area contributed by atoms with Crippen molar-refractivity contribution in [2.75, 3.05) is 16.3 Å². The highest BCUT2D eigenvalue weighted by Crippen LogP contribution is 2.33. The van der Waals surface area contributed by atoms with Crippen LogP contribution in [-0.2, 0) is 10.0 Å². The van der Waals surface area contributed by atoms with E-state index in [1.807, 2.05) is 0 Å². The molecule has 0 saturated heterocycles. The summed E-state index contributed by atoms with van der Waals surface area (Å²) >= 11 is 0. The first-order valence-corrected chi connectivity index (χ1v) is 6.68. The third-order valence-corrected chi connectivity index (χ3v) is 3.61. The van der Waals surface area contributed by atoms with Crippen LogP contribution in [0.15, 0.2) is 24.3 Å². The minimum Gasteiger partial charge on any atom is -0.399 e. The molecule has 15 heavy (non-hydrogen) atoms. The molecule has 2 N–H and O–H groups in total. The molecule has 0 spiro atoms. The van der Waals surface area contributed by atoms with Gasteiger partial charge in [0.1, 0.15) is 0 Å².